The highest BCUT2D eigenvalue weighted by Crippen LogP contribution is 2.27. The normalized spacial score (nSPS) is 10.7. The summed E-state index contributed by atoms with van der Waals surface area (Å²) in [6.45, 7) is 0.563. The van der Waals surface area contributed by atoms with Crippen LogP contribution < -0.4 is 10.1 Å². The van der Waals surface area contributed by atoms with Crippen molar-refractivity contribution in [1.29, 1.82) is 0 Å². The van der Waals surface area contributed by atoms with Crippen LogP contribution in [-0.4, -0.2) is 26.0 Å². The van der Waals surface area contributed by atoms with Gasteiger partial charge in [-0.3, -0.25) is 4.98 Å². The minimum absolute atomic E-state index is 0.0872. The molecule has 27 heavy (non-hydrogen) atoms. The predicted octanol–water partition coefficient (Wildman–Crippen LogP) is 3.72. The first-order valence-electron chi connectivity index (χ1n) is 8.08. The highest BCUT2D eigenvalue weighted by atomic mass is 16.5. The van der Waals surface area contributed by atoms with Gasteiger partial charge in [-0.1, -0.05) is 0 Å². The molecule has 8 nitrogen and oxygen atoms in total. The van der Waals surface area contributed by atoms with Gasteiger partial charge in [0.1, 0.15) is 17.0 Å². The third-order valence-electron chi connectivity index (χ3n) is 3.74. The van der Waals surface area contributed by atoms with Crippen LogP contribution in [0.25, 0.3) is 11.1 Å². The molecule has 4 aromatic rings. The molecule has 0 fully saturated rings. The van der Waals surface area contributed by atoms with E-state index < -0.39 is 5.97 Å². The van der Waals surface area contributed by atoms with Crippen molar-refractivity contribution >= 4 is 23.1 Å². The van der Waals surface area contributed by atoms with Crippen molar-refractivity contribution in [3.8, 4) is 11.5 Å². The van der Waals surface area contributed by atoms with Gasteiger partial charge in [0.2, 0.25) is 0 Å². The summed E-state index contributed by atoms with van der Waals surface area (Å²) in [6.07, 6.45) is 4.83. The molecule has 0 atom stereocenters. The number of carbonyl (C=O) groups is 1. The number of pyridine rings is 2. The van der Waals surface area contributed by atoms with Crippen molar-refractivity contribution < 1.29 is 19.1 Å². The molecule has 0 radical (unpaired) electrons. The fraction of sp³-hybridized carbons (Fsp3) is 0.0526. The second-order valence-electron chi connectivity index (χ2n) is 5.64. The molecule has 3 heterocycles. The maximum absolute atomic E-state index is 11.0. The van der Waals surface area contributed by atoms with E-state index in [1.807, 2.05) is 12.1 Å². The van der Waals surface area contributed by atoms with Gasteiger partial charge in [-0.15, -0.1) is 0 Å². The van der Waals surface area contributed by atoms with E-state index in [0.29, 0.717) is 35.2 Å². The number of ether oxygens (including phenoxy) is 1. The van der Waals surface area contributed by atoms with Crippen molar-refractivity contribution in [3.63, 3.8) is 0 Å². The van der Waals surface area contributed by atoms with Crippen molar-refractivity contribution in [2.45, 2.75) is 6.54 Å². The Morgan fingerprint density at radius 1 is 1.07 bits per heavy atom. The summed E-state index contributed by atoms with van der Waals surface area (Å²) in [4.78, 5) is 23.1. The van der Waals surface area contributed by atoms with Gasteiger partial charge in [-0.2, -0.15) is 4.98 Å². The van der Waals surface area contributed by atoms with Gasteiger partial charge < -0.3 is 19.6 Å². The van der Waals surface area contributed by atoms with Crippen LogP contribution in [0.3, 0.4) is 0 Å². The number of carboxylic acid groups (broad SMARTS) is 1. The maximum Gasteiger partial charge on any atom is 0.354 e. The van der Waals surface area contributed by atoms with E-state index in [2.05, 4.69) is 20.3 Å². The number of anilines is 1. The number of hydrogen-bond acceptors (Lipinski definition) is 7. The van der Waals surface area contributed by atoms with E-state index in [9.17, 15) is 4.79 Å². The summed E-state index contributed by atoms with van der Waals surface area (Å²) < 4.78 is 11.4. The lowest BCUT2D eigenvalue weighted by Gasteiger charge is -2.05. The molecule has 0 bridgehead atoms. The third kappa shape index (κ3) is 3.84. The summed E-state index contributed by atoms with van der Waals surface area (Å²) >= 11 is 0. The molecule has 2 N–H and O–H groups in total. The first-order chi connectivity index (χ1) is 13.2. The lowest BCUT2D eigenvalue weighted by molar-refractivity contribution is 0.0690. The Labute approximate surface area is 153 Å². The number of nitrogens with one attached hydrogen (secondary N) is 1. The predicted molar refractivity (Wildman–Crippen MR) is 96.8 cm³/mol. The van der Waals surface area contributed by atoms with Crippen molar-refractivity contribution in [2.24, 2.45) is 0 Å². The highest BCUT2D eigenvalue weighted by molar-refractivity contribution is 5.85. The van der Waals surface area contributed by atoms with E-state index in [0.717, 1.165) is 5.56 Å². The van der Waals surface area contributed by atoms with Gasteiger partial charge in [-0.05, 0) is 35.9 Å². The van der Waals surface area contributed by atoms with Gasteiger partial charge in [0.15, 0.2) is 11.3 Å². The van der Waals surface area contributed by atoms with Crippen LogP contribution in [0.15, 0.2) is 65.5 Å². The SMILES string of the molecule is O=C(O)c1cc(Oc2ccc3nc(NCc4ccncc4)oc3c2)ccn1. The number of carboxylic acids is 1. The lowest BCUT2D eigenvalue weighted by Crippen LogP contribution is -1.99. The maximum atomic E-state index is 11.0. The molecule has 3 aromatic heterocycles. The molecule has 4 rings (SSSR count). The first kappa shape index (κ1) is 16.5. The number of oxazole rings is 1. The molecule has 0 aliphatic carbocycles. The summed E-state index contributed by atoms with van der Waals surface area (Å²) in [6, 6.07) is 12.3. The van der Waals surface area contributed by atoms with E-state index in [4.69, 9.17) is 14.3 Å². The van der Waals surface area contributed by atoms with Gasteiger partial charge >= 0.3 is 5.97 Å². The Bertz CT molecular complexity index is 1100. The molecular weight excluding hydrogens is 348 g/mol. The van der Waals surface area contributed by atoms with Gasteiger partial charge in [0.25, 0.3) is 6.01 Å². The number of fused-ring (bicyclic) bond motifs is 1. The average molecular weight is 362 g/mol. The minimum atomic E-state index is -1.11. The third-order valence-corrected chi connectivity index (χ3v) is 3.74. The Balaban J connectivity index is 1.50. The Morgan fingerprint density at radius 2 is 1.89 bits per heavy atom. The van der Waals surface area contributed by atoms with Gasteiger partial charge in [0, 0.05) is 37.3 Å². The average Bonchev–Trinajstić information content (AvgIpc) is 3.09. The van der Waals surface area contributed by atoms with E-state index in [1.165, 1.54) is 12.3 Å². The molecule has 0 saturated heterocycles. The summed E-state index contributed by atoms with van der Waals surface area (Å²) in [5, 5.41) is 12.1. The zero-order chi connectivity index (χ0) is 18.6. The molecule has 1 aromatic carbocycles. The fourth-order valence-electron chi connectivity index (χ4n) is 2.45. The van der Waals surface area contributed by atoms with Gasteiger partial charge in [0.05, 0.1) is 0 Å². The van der Waals surface area contributed by atoms with E-state index in [1.54, 1.807) is 36.7 Å². The molecule has 0 unspecified atom stereocenters. The second kappa shape index (κ2) is 7.12. The standard InChI is InChI=1S/C19H14N4O4/c24-18(25)16-9-14(5-8-21-16)26-13-1-2-15-17(10-13)27-19(23-15)22-11-12-3-6-20-7-4-12/h1-10H,11H2,(H,22,23)(H,24,25). The highest BCUT2D eigenvalue weighted by Gasteiger charge is 2.09. The molecule has 0 amide bonds. The summed E-state index contributed by atoms with van der Waals surface area (Å²) in [5.74, 6) is -0.241. The van der Waals surface area contributed by atoms with Gasteiger partial charge in [-0.25, -0.2) is 9.78 Å². The number of rotatable bonds is 6. The van der Waals surface area contributed by atoms with Crippen LogP contribution in [0.5, 0.6) is 11.5 Å². The molecule has 0 saturated carbocycles. The Hall–Kier alpha value is -3.94. The quantitative estimate of drug-likeness (QED) is 0.534. The van der Waals surface area contributed by atoms with Crippen LogP contribution >= 0.6 is 0 Å². The molecule has 0 spiro atoms. The van der Waals surface area contributed by atoms with Crippen molar-refractivity contribution in [3.05, 3.63) is 72.3 Å². The molecule has 0 aliphatic heterocycles. The number of aromatic carboxylic acids is 1. The topological polar surface area (TPSA) is 110 Å². The molecule has 8 heteroatoms. The first-order valence-corrected chi connectivity index (χ1v) is 8.08. The smallest absolute Gasteiger partial charge is 0.354 e. The Morgan fingerprint density at radius 3 is 2.70 bits per heavy atom. The minimum Gasteiger partial charge on any atom is -0.477 e. The van der Waals surface area contributed by atoms with Crippen molar-refractivity contribution in [1.82, 2.24) is 15.0 Å². The van der Waals surface area contributed by atoms with Crippen LogP contribution in [0.1, 0.15) is 16.1 Å². The van der Waals surface area contributed by atoms with E-state index in [-0.39, 0.29) is 5.69 Å². The second-order valence-corrected chi connectivity index (χ2v) is 5.64. The number of hydrogen-bond donors (Lipinski definition) is 2. The molecule has 134 valence electrons. The van der Waals surface area contributed by atoms with Crippen LogP contribution in [0.4, 0.5) is 6.01 Å². The fourth-order valence-corrected chi connectivity index (χ4v) is 2.45. The number of nitrogens with zero attached hydrogens (tertiary/aromatic N) is 3. The number of aromatic nitrogens is 3. The zero-order valence-corrected chi connectivity index (χ0v) is 14.0. The van der Waals surface area contributed by atoms with Crippen molar-refractivity contribution in [2.75, 3.05) is 5.32 Å². The van der Waals surface area contributed by atoms with Crippen LogP contribution in [0.2, 0.25) is 0 Å². The zero-order valence-electron chi connectivity index (χ0n) is 14.0. The largest absolute Gasteiger partial charge is 0.477 e. The summed E-state index contributed by atoms with van der Waals surface area (Å²) in [5.41, 5.74) is 2.21. The Kier molecular flexibility index (Phi) is 4.36. The lowest BCUT2D eigenvalue weighted by atomic mass is 10.3. The number of benzene rings is 1. The van der Waals surface area contributed by atoms with Crippen LogP contribution in [0, 0.1) is 0 Å². The molecule has 0 aliphatic rings. The van der Waals surface area contributed by atoms with E-state index >= 15 is 0 Å². The summed E-state index contributed by atoms with van der Waals surface area (Å²) in [7, 11) is 0. The molecular formula is C19H14N4O4. The monoisotopic (exact) mass is 362 g/mol. The van der Waals surface area contributed by atoms with Crippen LogP contribution in [-0.2, 0) is 6.54 Å².